The minimum absolute atomic E-state index is 0.187. The van der Waals surface area contributed by atoms with Crippen LogP contribution in [0.15, 0.2) is 12.1 Å². The maximum atomic E-state index is 13.0. The van der Waals surface area contributed by atoms with Crippen LogP contribution in [0.25, 0.3) is 0 Å². The molecule has 2 aliphatic rings. The first-order valence-electron chi connectivity index (χ1n) is 4.59. The van der Waals surface area contributed by atoms with Gasteiger partial charge in [-0.25, -0.2) is 4.39 Å². The van der Waals surface area contributed by atoms with Crippen LogP contribution in [-0.4, -0.2) is 12.2 Å². The molecule has 4 heteroatoms. The van der Waals surface area contributed by atoms with Crippen molar-refractivity contribution in [2.24, 2.45) is 0 Å². The Morgan fingerprint density at radius 2 is 2.14 bits per heavy atom. The fourth-order valence-electron chi connectivity index (χ4n) is 1.67. The first-order valence-corrected chi connectivity index (χ1v) is 4.59. The number of hydrogen-bond donors (Lipinski definition) is 1. The summed E-state index contributed by atoms with van der Waals surface area (Å²) in [5.41, 5.74) is 5.72. The summed E-state index contributed by atoms with van der Waals surface area (Å²) in [6.07, 6.45) is 1.95. The lowest BCUT2D eigenvalue weighted by Crippen LogP contribution is -2.31. The van der Waals surface area contributed by atoms with E-state index in [0.29, 0.717) is 23.8 Å². The van der Waals surface area contributed by atoms with Crippen molar-refractivity contribution >= 4 is 5.69 Å². The van der Waals surface area contributed by atoms with Crippen molar-refractivity contribution in [3.8, 4) is 11.5 Å². The van der Waals surface area contributed by atoms with Gasteiger partial charge in [-0.3, -0.25) is 0 Å². The summed E-state index contributed by atoms with van der Waals surface area (Å²) in [6, 6.07) is 2.57. The Labute approximate surface area is 80.6 Å². The van der Waals surface area contributed by atoms with Crippen molar-refractivity contribution in [2.75, 3.05) is 12.3 Å². The second kappa shape index (κ2) is 2.32. The number of nitrogen functional groups attached to an aromatic ring is 1. The lowest BCUT2D eigenvalue weighted by molar-refractivity contribution is 0.0720. The fraction of sp³-hybridized carbons (Fsp3) is 0.400. The molecule has 1 aromatic carbocycles. The second-order valence-corrected chi connectivity index (χ2v) is 3.90. The monoisotopic (exact) mass is 195 g/mol. The predicted octanol–water partition coefficient (Wildman–Crippen LogP) is 1.71. The number of hydrogen-bond acceptors (Lipinski definition) is 3. The minimum atomic E-state index is -0.387. The normalized spacial score (nSPS) is 20.9. The minimum Gasteiger partial charge on any atom is -0.483 e. The highest BCUT2D eigenvalue weighted by Gasteiger charge is 2.49. The SMILES string of the molecule is Nc1cc(F)cc2c1OCC1(CC1)O2. The molecular weight excluding hydrogens is 185 g/mol. The summed E-state index contributed by atoms with van der Waals surface area (Å²) >= 11 is 0. The zero-order chi connectivity index (χ0) is 9.76. The zero-order valence-electron chi connectivity index (χ0n) is 7.55. The number of rotatable bonds is 0. The van der Waals surface area contributed by atoms with Crippen molar-refractivity contribution in [3.05, 3.63) is 17.9 Å². The van der Waals surface area contributed by atoms with E-state index in [1.54, 1.807) is 0 Å². The summed E-state index contributed by atoms with van der Waals surface area (Å²) in [4.78, 5) is 0. The van der Waals surface area contributed by atoms with E-state index in [2.05, 4.69) is 0 Å². The lowest BCUT2D eigenvalue weighted by Gasteiger charge is -2.27. The molecule has 14 heavy (non-hydrogen) atoms. The van der Waals surface area contributed by atoms with Gasteiger partial charge in [0.05, 0.1) is 5.69 Å². The van der Waals surface area contributed by atoms with Gasteiger partial charge in [-0.1, -0.05) is 0 Å². The van der Waals surface area contributed by atoms with E-state index in [1.807, 2.05) is 0 Å². The van der Waals surface area contributed by atoms with Gasteiger partial charge in [0, 0.05) is 12.1 Å². The molecule has 1 heterocycles. The summed E-state index contributed by atoms with van der Waals surface area (Å²) in [5.74, 6) is 0.526. The van der Waals surface area contributed by atoms with Crippen molar-refractivity contribution < 1.29 is 13.9 Å². The number of benzene rings is 1. The van der Waals surface area contributed by atoms with E-state index >= 15 is 0 Å². The molecule has 0 bridgehead atoms. The highest BCUT2D eigenvalue weighted by atomic mass is 19.1. The van der Waals surface area contributed by atoms with Gasteiger partial charge in [0.25, 0.3) is 0 Å². The van der Waals surface area contributed by atoms with Crippen LogP contribution in [0.1, 0.15) is 12.8 Å². The average Bonchev–Trinajstić information content (AvgIpc) is 2.83. The molecule has 1 fully saturated rings. The Kier molecular flexibility index (Phi) is 1.31. The molecule has 0 saturated heterocycles. The Morgan fingerprint density at radius 1 is 1.36 bits per heavy atom. The van der Waals surface area contributed by atoms with Crippen LogP contribution in [-0.2, 0) is 0 Å². The van der Waals surface area contributed by atoms with Crippen LogP contribution in [0.4, 0.5) is 10.1 Å². The molecule has 1 aliphatic carbocycles. The van der Waals surface area contributed by atoms with Gasteiger partial charge in [-0.05, 0) is 12.8 Å². The van der Waals surface area contributed by atoms with Gasteiger partial charge in [-0.15, -0.1) is 0 Å². The maximum absolute atomic E-state index is 13.0. The fourth-order valence-corrected chi connectivity index (χ4v) is 1.67. The molecule has 1 spiro atoms. The summed E-state index contributed by atoms with van der Waals surface area (Å²) in [6.45, 7) is 0.524. The second-order valence-electron chi connectivity index (χ2n) is 3.90. The highest BCUT2D eigenvalue weighted by Crippen LogP contribution is 2.49. The van der Waals surface area contributed by atoms with Crippen molar-refractivity contribution in [1.82, 2.24) is 0 Å². The molecule has 1 aromatic rings. The number of halogens is 1. The Bertz CT molecular complexity index is 401. The van der Waals surface area contributed by atoms with E-state index in [9.17, 15) is 4.39 Å². The summed E-state index contributed by atoms with van der Waals surface area (Å²) in [7, 11) is 0. The molecule has 0 aromatic heterocycles. The molecule has 0 radical (unpaired) electrons. The van der Waals surface area contributed by atoms with Crippen LogP contribution in [0, 0.1) is 5.82 Å². The molecule has 3 nitrogen and oxygen atoms in total. The summed E-state index contributed by atoms with van der Waals surface area (Å²) < 4.78 is 24.1. The molecular formula is C10H10FNO2. The van der Waals surface area contributed by atoms with E-state index in [4.69, 9.17) is 15.2 Å². The molecule has 1 aliphatic heterocycles. The highest BCUT2D eigenvalue weighted by molar-refractivity contribution is 5.61. The molecule has 3 rings (SSSR count). The smallest absolute Gasteiger partial charge is 0.184 e. The number of nitrogens with two attached hydrogens (primary N) is 1. The number of anilines is 1. The van der Waals surface area contributed by atoms with Crippen LogP contribution in [0.3, 0.4) is 0 Å². The van der Waals surface area contributed by atoms with Crippen LogP contribution in [0.2, 0.25) is 0 Å². The van der Waals surface area contributed by atoms with Crippen molar-refractivity contribution in [2.45, 2.75) is 18.4 Å². The molecule has 74 valence electrons. The Hall–Kier alpha value is -1.45. The van der Waals surface area contributed by atoms with E-state index < -0.39 is 0 Å². The third-order valence-corrected chi connectivity index (χ3v) is 2.66. The van der Waals surface area contributed by atoms with Gasteiger partial charge >= 0.3 is 0 Å². The topological polar surface area (TPSA) is 44.5 Å². The van der Waals surface area contributed by atoms with E-state index in [1.165, 1.54) is 12.1 Å². The summed E-state index contributed by atoms with van der Waals surface area (Å²) in [5, 5.41) is 0. The predicted molar refractivity (Wildman–Crippen MR) is 48.9 cm³/mol. The Balaban J connectivity index is 2.07. The standard InChI is InChI=1S/C10H10FNO2/c11-6-3-7(12)9-8(4-6)14-10(1-2-10)5-13-9/h3-4H,1-2,5,12H2. The third-order valence-electron chi connectivity index (χ3n) is 2.66. The molecule has 2 N–H and O–H groups in total. The van der Waals surface area contributed by atoms with Gasteiger partial charge in [0.15, 0.2) is 11.5 Å². The van der Waals surface area contributed by atoms with Crippen molar-refractivity contribution in [3.63, 3.8) is 0 Å². The first kappa shape index (κ1) is 7.91. The van der Waals surface area contributed by atoms with Crippen molar-refractivity contribution in [1.29, 1.82) is 0 Å². The van der Waals surface area contributed by atoms with E-state index in [0.717, 1.165) is 12.8 Å². The van der Waals surface area contributed by atoms with Gasteiger partial charge < -0.3 is 15.2 Å². The van der Waals surface area contributed by atoms with E-state index in [-0.39, 0.29) is 11.4 Å². The quantitative estimate of drug-likeness (QED) is 0.641. The van der Waals surface area contributed by atoms with Crippen LogP contribution in [0.5, 0.6) is 11.5 Å². The largest absolute Gasteiger partial charge is 0.483 e. The molecule has 0 atom stereocenters. The van der Waals surface area contributed by atoms with Gasteiger partial charge in [0.2, 0.25) is 0 Å². The van der Waals surface area contributed by atoms with Gasteiger partial charge in [0.1, 0.15) is 18.0 Å². The van der Waals surface area contributed by atoms with Crippen LogP contribution < -0.4 is 15.2 Å². The zero-order valence-corrected chi connectivity index (χ0v) is 7.55. The average molecular weight is 195 g/mol. The Morgan fingerprint density at radius 3 is 2.86 bits per heavy atom. The molecule has 1 saturated carbocycles. The molecule has 0 amide bonds. The first-order chi connectivity index (χ1) is 6.69. The maximum Gasteiger partial charge on any atom is 0.184 e. The molecule has 0 unspecified atom stereocenters. The van der Waals surface area contributed by atoms with Crippen LogP contribution >= 0.6 is 0 Å². The number of ether oxygens (including phenoxy) is 2. The third kappa shape index (κ3) is 1.03. The van der Waals surface area contributed by atoms with Gasteiger partial charge in [-0.2, -0.15) is 0 Å². The lowest BCUT2D eigenvalue weighted by atomic mass is 10.2. The number of fused-ring (bicyclic) bond motifs is 1.